The Hall–Kier alpha value is -0.870. The molecule has 0 heterocycles. The highest BCUT2D eigenvalue weighted by Gasteiger charge is 2.36. The Morgan fingerprint density at radius 1 is 1.05 bits per heavy atom. The van der Waals surface area contributed by atoms with E-state index in [0.29, 0.717) is 0 Å². The van der Waals surface area contributed by atoms with E-state index in [-0.39, 0.29) is 23.6 Å². The standard InChI is InChI=1S/C16H27NO2S/c1-12(2)11-20(18,19)16(13(3)4)15(17-5)14-9-7-6-8-10-14/h6-10,12-13,15-17H,11H2,1-5H3. The van der Waals surface area contributed by atoms with Gasteiger partial charge in [0, 0.05) is 6.04 Å². The fourth-order valence-electron chi connectivity index (χ4n) is 2.76. The lowest BCUT2D eigenvalue weighted by molar-refractivity contribution is 0.439. The first kappa shape index (κ1) is 17.2. The minimum atomic E-state index is -3.14. The maximum atomic E-state index is 12.7. The zero-order chi connectivity index (χ0) is 15.3. The maximum Gasteiger partial charge on any atom is 0.155 e. The van der Waals surface area contributed by atoms with Gasteiger partial charge in [-0.05, 0) is 24.4 Å². The first-order valence-electron chi connectivity index (χ1n) is 7.23. The zero-order valence-corrected chi connectivity index (χ0v) is 13.9. The number of benzene rings is 1. The quantitative estimate of drug-likeness (QED) is 0.841. The lowest BCUT2D eigenvalue weighted by Crippen LogP contribution is -2.41. The Morgan fingerprint density at radius 3 is 2.00 bits per heavy atom. The van der Waals surface area contributed by atoms with Crippen molar-refractivity contribution in [1.29, 1.82) is 0 Å². The summed E-state index contributed by atoms with van der Waals surface area (Å²) in [6.07, 6.45) is 0. The molecule has 0 spiro atoms. The molecule has 1 rings (SSSR count). The molecule has 2 unspecified atom stereocenters. The molecule has 114 valence electrons. The zero-order valence-electron chi connectivity index (χ0n) is 13.1. The van der Waals surface area contributed by atoms with Crippen LogP contribution in [0, 0.1) is 11.8 Å². The van der Waals surface area contributed by atoms with Crippen molar-refractivity contribution in [2.45, 2.75) is 39.0 Å². The van der Waals surface area contributed by atoms with Crippen molar-refractivity contribution in [3.8, 4) is 0 Å². The van der Waals surface area contributed by atoms with Crippen molar-refractivity contribution in [2.75, 3.05) is 12.8 Å². The summed E-state index contributed by atoms with van der Waals surface area (Å²) in [5.74, 6) is 0.451. The predicted octanol–water partition coefficient (Wildman–Crippen LogP) is 3.04. The molecule has 0 amide bonds. The van der Waals surface area contributed by atoms with E-state index in [1.165, 1.54) is 0 Å². The highest BCUT2D eigenvalue weighted by molar-refractivity contribution is 7.92. The van der Waals surface area contributed by atoms with E-state index in [2.05, 4.69) is 5.32 Å². The summed E-state index contributed by atoms with van der Waals surface area (Å²) in [6, 6.07) is 9.66. The third-order valence-corrected chi connectivity index (χ3v) is 6.21. The highest BCUT2D eigenvalue weighted by atomic mass is 32.2. The van der Waals surface area contributed by atoms with Gasteiger partial charge in [0.1, 0.15) is 0 Å². The Kier molecular flexibility index (Phi) is 6.21. The first-order valence-corrected chi connectivity index (χ1v) is 8.95. The molecule has 0 aliphatic carbocycles. The van der Waals surface area contributed by atoms with Gasteiger partial charge in [-0.1, -0.05) is 58.0 Å². The van der Waals surface area contributed by atoms with Crippen LogP contribution in [0.15, 0.2) is 30.3 Å². The van der Waals surface area contributed by atoms with E-state index in [4.69, 9.17) is 0 Å². The van der Waals surface area contributed by atoms with E-state index in [0.717, 1.165) is 5.56 Å². The van der Waals surface area contributed by atoms with Crippen molar-refractivity contribution in [3.63, 3.8) is 0 Å². The van der Waals surface area contributed by atoms with Gasteiger partial charge in [-0.25, -0.2) is 8.42 Å². The smallest absolute Gasteiger partial charge is 0.155 e. The molecule has 20 heavy (non-hydrogen) atoms. The van der Waals surface area contributed by atoms with E-state index < -0.39 is 15.1 Å². The first-order chi connectivity index (χ1) is 9.29. The van der Waals surface area contributed by atoms with Gasteiger partial charge < -0.3 is 5.32 Å². The van der Waals surface area contributed by atoms with Crippen LogP contribution in [0.25, 0.3) is 0 Å². The predicted molar refractivity (Wildman–Crippen MR) is 85.5 cm³/mol. The van der Waals surface area contributed by atoms with Crippen molar-refractivity contribution in [2.24, 2.45) is 11.8 Å². The van der Waals surface area contributed by atoms with Crippen LogP contribution < -0.4 is 5.32 Å². The molecule has 1 aromatic rings. The fraction of sp³-hybridized carbons (Fsp3) is 0.625. The number of hydrogen-bond acceptors (Lipinski definition) is 3. The van der Waals surface area contributed by atoms with Crippen molar-refractivity contribution in [3.05, 3.63) is 35.9 Å². The molecule has 4 heteroatoms. The SMILES string of the molecule is CNC(c1ccccc1)C(C(C)C)S(=O)(=O)CC(C)C. The van der Waals surface area contributed by atoms with Crippen LogP contribution in [0.1, 0.15) is 39.3 Å². The Labute approximate surface area is 123 Å². The molecule has 0 radical (unpaired) electrons. The number of sulfone groups is 1. The maximum absolute atomic E-state index is 12.7. The molecule has 1 aromatic carbocycles. The van der Waals surface area contributed by atoms with Crippen LogP contribution in [0.5, 0.6) is 0 Å². The second-order valence-corrected chi connectivity index (χ2v) is 8.31. The van der Waals surface area contributed by atoms with E-state index in [9.17, 15) is 8.42 Å². The molecule has 0 aliphatic rings. The second-order valence-electron chi connectivity index (χ2n) is 6.11. The number of rotatable bonds is 7. The Balaban J connectivity index is 3.18. The molecule has 2 atom stereocenters. The summed E-state index contributed by atoms with van der Waals surface area (Å²) in [5.41, 5.74) is 1.03. The largest absolute Gasteiger partial charge is 0.312 e. The molecule has 0 fully saturated rings. The minimum Gasteiger partial charge on any atom is -0.312 e. The molecule has 0 aromatic heterocycles. The highest BCUT2D eigenvalue weighted by Crippen LogP contribution is 2.29. The third-order valence-electron chi connectivity index (χ3n) is 3.44. The van der Waals surface area contributed by atoms with Gasteiger partial charge in [0.15, 0.2) is 9.84 Å². The summed E-state index contributed by atoms with van der Waals surface area (Å²) in [5, 5.41) is 2.79. The van der Waals surface area contributed by atoms with Crippen LogP contribution >= 0.6 is 0 Å². The molecule has 3 nitrogen and oxygen atoms in total. The lowest BCUT2D eigenvalue weighted by Gasteiger charge is -2.30. The monoisotopic (exact) mass is 297 g/mol. The second kappa shape index (κ2) is 7.23. The molecule has 0 aliphatic heterocycles. The molecule has 1 N–H and O–H groups in total. The van der Waals surface area contributed by atoms with Crippen LogP contribution in [0.2, 0.25) is 0 Å². The van der Waals surface area contributed by atoms with Gasteiger partial charge in [-0.15, -0.1) is 0 Å². The molecular formula is C16H27NO2S. The molecule has 0 saturated carbocycles. The van der Waals surface area contributed by atoms with Gasteiger partial charge in [0.2, 0.25) is 0 Å². The van der Waals surface area contributed by atoms with Gasteiger partial charge in [0.25, 0.3) is 0 Å². The van der Waals surface area contributed by atoms with Crippen LogP contribution in [0.4, 0.5) is 0 Å². The van der Waals surface area contributed by atoms with Crippen LogP contribution in [-0.2, 0) is 9.84 Å². The summed E-state index contributed by atoms with van der Waals surface area (Å²) >= 11 is 0. The van der Waals surface area contributed by atoms with Gasteiger partial charge >= 0.3 is 0 Å². The summed E-state index contributed by atoms with van der Waals surface area (Å²) < 4.78 is 25.4. The number of nitrogens with one attached hydrogen (secondary N) is 1. The van der Waals surface area contributed by atoms with Crippen LogP contribution in [-0.4, -0.2) is 26.5 Å². The lowest BCUT2D eigenvalue weighted by atomic mass is 9.96. The Bertz CT molecular complexity index is 494. The molecular weight excluding hydrogens is 270 g/mol. The number of hydrogen-bond donors (Lipinski definition) is 1. The summed E-state index contributed by atoms with van der Waals surface area (Å²) in [4.78, 5) is 0. The normalized spacial score (nSPS) is 15.6. The van der Waals surface area contributed by atoms with Crippen molar-refractivity contribution >= 4 is 9.84 Å². The van der Waals surface area contributed by atoms with E-state index in [1.807, 2.05) is 65.1 Å². The molecule has 0 bridgehead atoms. The average Bonchev–Trinajstić information content (AvgIpc) is 2.34. The summed E-state index contributed by atoms with van der Waals surface area (Å²) in [7, 11) is -1.31. The summed E-state index contributed by atoms with van der Waals surface area (Å²) in [6.45, 7) is 7.86. The van der Waals surface area contributed by atoms with E-state index >= 15 is 0 Å². The van der Waals surface area contributed by atoms with Gasteiger partial charge in [-0.2, -0.15) is 0 Å². The molecule has 0 saturated heterocycles. The van der Waals surface area contributed by atoms with E-state index in [1.54, 1.807) is 0 Å². The van der Waals surface area contributed by atoms with Gasteiger partial charge in [0.05, 0.1) is 11.0 Å². The van der Waals surface area contributed by atoms with Gasteiger partial charge in [-0.3, -0.25) is 0 Å². The van der Waals surface area contributed by atoms with Crippen molar-refractivity contribution < 1.29 is 8.42 Å². The Morgan fingerprint density at radius 2 is 1.60 bits per heavy atom. The third kappa shape index (κ3) is 4.32. The van der Waals surface area contributed by atoms with Crippen LogP contribution in [0.3, 0.4) is 0 Å². The minimum absolute atomic E-state index is 0.0661. The topological polar surface area (TPSA) is 46.2 Å². The fourth-order valence-corrected chi connectivity index (χ4v) is 5.45. The van der Waals surface area contributed by atoms with Crippen molar-refractivity contribution in [1.82, 2.24) is 5.32 Å². The average molecular weight is 297 g/mol.